The van der Waals surface area contributed by atoms with E-state index in [0.717, 1.165) is 28.6 Å². The zero-order valence-electron chi connectivity index (χ0n) is 8.88. The van der Waals surface area contributed by atoms with E-state index < -0.39 is 5.97 Å². The van der Waals surface area contributed by atoms with Crippen molar-refractivity contribution in [3.8, 4) is 0 Å². The Morgan fingerprint density at radius 2 is 2.25 bits per heavy atom. The SMILES string of the molecule is CCc1[nH]c2ccc(CC(=O)O)cc2c1Cl. The normalized spacial score (nSPS) is 10.9. The molecule has 2 rings (SSSR count). The van der Waals surface area contributed by atoms with E-state index in [1.165, 1.54) is 0 Å². The molecule has 16 heavy (non-hydrogen) atoms. The summed E-state index contributed by atoms with van der Waals surface area (Å²) in [4.78, 5) is 13.8. The second-order valence-electron chi connectivity index (χ2n) is 3.72. The molecule has 0 spiro atoms. The van der Waals surface area contributed by atoms with Crippen molar-refractivity contribution in [3.05, 3.63) is 34.5 Å². The first-order chi connectivity index (χ1) is 7.61. The van der Waals surface area contributed by atoms with Gasteiger partial charge in [-0.1, -0.05) is 24.6 Å². The topological polar surface area (TPSA) is 53.1 Å². The van der Waals surface area contributed by atoms with Crippen molar-refractivity contribution < 1.29 is 9.90 Å². The van der Waals surface area contributed by atoms with Crippen LogP contribution in [0.3, 0.4) is 0 Å². The van der Waals surface area contributed by atoms with Gasteiger partial charge in [-0.25, -0.2) is 0 Å². The molecule has 0 amide bonds. The second kappa shape index (κ2) is 4.18. The van der Waals surface area contributed by atoms with Gasteiger partial charge < -0.3 is 10.1 Å². The third-order valence-electron chi connectivity index (χ3n) is 2.58. The molecule has 2 N–H and O–H groups in total. The number of aromatic amines is 1. The molecule has 0 radical (unpaired) electrons. The van der Waals surface area contributed by atoms with Crippen molar-refractivity contribution in [2.45, 2.75) is 19.8 Å². The van der Waals surface area contributed by atoms with Gasteiger partial charge in [0.2, 0.25) is 0 Å². The number of benzene rings is 1. The Balaban J connectivity index is 2.52. The monoisotopic (exact) mass is 237 g/mol. The first-order valence-corrected chi connectivity index (χ1v) is 5.50. The number of carboxylic acids is 1. The highest BCUT2D eigenvalue weighted by Gasteiger charge is 2.09. The van der Waals surface area contributed by atoms with Crippen LogP contribution in [-0.2, 0) is 17.6 Å². The predicted octanol–water partition coefficient (Wildman–Crippen LogP) is 3.01. The fourth-order valence-electron chi connectivity index (χ4n) is 1.79. The second-order valence-corrected chi connectivity index (χ2v) is 4.10. The summed E-state index contributed by atoms with van der Waals surface area (Å²) in [7, 11) is 0. The van der Waals surface area contributed by atoms with E-state index in [0.29, 0.717) is 5.02 Å². The van der Waals surface area contributed by atoms with Gasteiger partial charge in [0.25, 0.3) is 0 Å². The summed E-state index contributed by atoms with van der Waals surface area (Å²) in [6, 6.07) is 5.52. The van der Waals surface area contributed by atoms with Crippen LogP contribution in [0.1, 0.15) is 18.2 Å². The molecule has 1 heterocycles. The van der Waals surface area contributed by atoms with Crippen LogP contribution in [0.4, 0.5) is 0 Å². The molecule has 84 valence electrons. The fourth-order valence-corrected chi connectivity index (χ4v) is 2.13. The van der Waals surface area contributed by atoms with Gasteiger partial charge in [-0.3, -0.25) is 4.79 Å². The van der Waals surface area contributed by atoms with Gasteiger partial charge in [0, 0.05) is 16.6 Å². The number of aryl methyl sites for hydroxylation is 1. The number of nitrogens with one attached hydrogen (secondary N) is 1. The Kier molecular flexibility index (Phi) is 2.88. The fraction of sp³-hybridized carbons (Fsp3) is 0.250. The third-order valence-corrected chi connectivity index (χ3v) is 3.01. The van der Waals surface area contributed by atoms with Gasteiger partial charge in [0.05, 0.1) is 11.4 Å². The molecule has 0 fully saturated rings. The minimum absolute atomic E-state index is 0.0267. The van der Waals surface area contributed by atoms with E-state index in [-0.39, 0.29) is 6.42 Å². The molecule has 0 aliphatic rings. The summed E-state index contributed by atoms with van der Waals surface area (Å²) in [6.07, 6.45) is 0.862. The Bertz CT molecular complexity index is 545. The number of aliphatic carboxylic acids is 1. The van der Waals surface area contributed by atoms with Crippen molar-refractivity contribution in [1.82, 2.24) is 4.98 Å². The number of hydrogen-bond acceptors (Lipinski definition) is 1. The third kappa shape index (κ3) is 1.91. The number of carboxylic acid groups (broad SMARTS) is 1. The lowest BCUT2D eigenvalue weighted by atomic mass is 10.1. The Morgan fingerprint density at radius 1 is 1.50 bits per heavy atom. The largest absolute Gasteiger partial charge is 0.481 e. The molecule has 0 aliphatic carbocycles. The molecule has 0 bridgehead atoms. The quantitative estimate of drug-likeness (QED) is 0.862. The van der Waals surface area contributed by atoms with E-state index in [1.807, 2.05) is 25.1 Å². The number of fused-ring (bicyclic) bond motifs is 1. The Hall–Kier alpha value is -1.48. The summed E-state index contributed by atoms with van der Waals surface area (Å²) in [5.41, 5.74) is 2.71. The van der Waals surface area contributed by atoms with Crippen molar-refractivity contribution in [2.24, 2.45) is 0 Å². The summed E-state index contributed by atoms with van der Waals surface area (Å²) in [6.45, 7) is 2.02. The average Bonchev–Trinajstić information content (AvgIpc) is 2.55. The van der Waals surface area contributed by atoms with Gasteiger partial charge in [-0.15, -0.1) is 0 Å². The maximum atomic E-state index is 10.6. The Labute approximate surface area is 98.0 Å². The molecule has 0 atom stereocenters. The first kappa shape index (κ1) is 11.0. The molecule has 4 heteroatoms. The molecule has 1 aromatic heterocycles. The van der Waals surface area contributed by atoms with Crippen LogP contribution in [0.2, 0.25) is 5.02 Å². The first-order valence-electron chi connectivity index (χ1n) is 5.12. The number of aromatic nitrogens is 1. The number of carbonyl (C=O) groups is 1. The van der Waals surface area contributed by atoms with Gasteiger partial charge in [-0.2, -0.15) is 0 Å². The van der Waals surface area contributed by atoms with Crippen LogP contribution in [0.15, 0.2) is 18.2 Å². The van der Waals surface area contributed by atoms with Crippen molar-refractivity contribution in [1.29, 1.82) is 0 Å². The van der Waals surface area contributed by atoms with E-state index in [4.69, 9.17) is 16.7 Å². The van der Waals surface area contributed by atoms with Crippen LogP contribution < -0.4 is 0 Å². The van der Waals surface area contributed by atoms with E-state index in [1.54, 1.807) is 0 Å². The lowest BCUT2D eigenvalue weighted by molar-refractivity contribution is -0.136. The van der Waals surface area contributed by atoms with Gasteiger partial charge >= 0.3 is 5.97 Å². The average molecular weight is 238 g/mol. The number of H-pyrrole nitrogens is 1. The van der Waals surface area contributed by atoms with Crippen molar-refractivity contribution in [3.63, 3.8) is 0 Å². The summed E-state index contributed by atoms with van der Waals surface area (Å²) >= 11 is 6.19. The van der Waals surface area contributed by atoms with Crippen LogP contribution in [0, 0.1) is 0 Å². The minimum atomic E-state index is -0.832. The number of halogens is 1. The Morgan fingerprint density at radius 3 is 2.88 bits per heavy atom. The molecular formula is C12H12ClNO2. The van der Waals surface area contributed by atoms with Gasteiger partial charge in [-0.05, 0) is 24.1 Å². The summed E-state index contributed by atoms with van der Waals surface area (Å²) in [5.74, 6) is -0.832. The molecule has 0 unspecified atom stereocenters. The molecule has 1 aromatic carbocycles. The van der Waals surface area contributed by atoms with Crippen LogP contribution in [0.5, 0.6) is 0 Å². The van der Waals surface area contributed by atoms with Crippen LogP contribution >= 0.6 is 11.6 Å². The lowest BCUT2D eigenvalue weighted by Crippen LogP contribution is -1.99. The maximum Gasteiger partial charge on any atom is 0.307 e. The standard InChI is InChI=1S/C12H12ClNO2/c1-2-9-12(13)8-5-7(6-11(15)16)3-4-10(8)14-9/h3-5,14H,2,6H2,1H3,(H,15,16). The summed E-state index contributed by atoms with van der Waals surface area (Å²) < 4.78 is 0. The van der Waals surface area contributed by atoms with E-state index in [2.05, 4.69) is 4.98 Å². The van der Waals surface area contributed by atoms with E-state index in [9.17, 15) is 4.79 Å². The highest BCUT2D eigenvalue weighted by molar-refractivity contribution is 6.36. The molecule has 0 saturated carbocycles. The molecule has 0 aliphatic heterocycles. The van der Waals surface area contributed by atoms with Crippen molar-refractivity contribution in [2.75, 3.05) is 0 Å². The minimum Gasteiger partial charge on any atom is -0.481 e. The highest BCUT2D eigenvalue weighted by atomic mass is 35.5. The lowest BCUT2D eigenvalue weighted by Gasteiger charge is -1.97. The zero-order chi connectivity index (χ0) is 11.7. The summed E-state index contributed by atoms with van der Waals surface area (Å²) in [5, 5.41) is 10.3. The van der Waals surface area contributed by atoms with Crippen molar-refractivity contribution >= 4 is 28.5 Å². The molecule has 2 aromatic rings. The zero-order valence-corrected chi connectivity index (χ0v) is 9.64. The smallest absolute Gasteiger partial charge is 0.307 e. The highest BCUT2D eigenvalue weighted by Crippen LogP contribution is 2.28. The molecular weight excluding hydrogens is 226 g/mol. The predicted molar refractivity (Wildman–Crippen MR) is 64.0 cm³/mol. The number of rotatable bonds is 3. The van der Waals surface area contributed by atoms with Gasteiger partial charge in [0.15, 0.2) is 0 Å². The molecule has 0 saturated heterocycles. The molecule has 3 nitrogen and oxygen atoms in total. The number of hydrogen-bond donors (Lipinski definition) is 2. The van der Waals surface area contributed by atoms with E-state index >= 15 is 0 Å². The maximum absolute atomic E-state index is 10.6. The van der Waals surface area contributed by atoms with Crippen LogP contribution in [0.25, 0.3) is 10.9 Å². The van der Waals surface area contributed by atoms with Crippen LogP contribution in [-0.4, -0.2) is 16.1 Å². The van der Waals surface area contributed by atoms with Gasteiger partial charge in [0.1, 0.15) is 0 Å².